The van der Waals surface area contributed by atoms with Gasteiger partial charge in [-0.1, -0.05) is 44.2 Å². The maximum Gasteiger partial charge on any atom is 0.254 e. The van der Waals surface area contributed by atoms with Crippen molar-refractivity contribution in [3.63, 3.8) is 0 Å². The lowest BCUT2D eigenvalue weighted by Gasteiger charge is -2.35. The number of ether oxygens (including phenoxy) is 1. The summed E-state index contributed by atoms with van der Waals surface area (Å²) in [5, 5.41) is 2.98. The first kappa shape index (κ1) is 24.0. The van der Waals surface area contributed by atoms with Crippen LogP contribution >= 0.6 is 0 Å². The van der Waals surface area contributed by atoms with E-state index in [1.807, 2.05) is 67.3 Å². The average molecular weight is 438 g/mol. The van der Waals surface area contributed by atoms with Crippen LogP contribution in [0.3, 0.4) is 0 Å². The molecule has 3 rings (SSSR count). The van der Waals surface area contributed by atoms with Gasteiger partial charge in [0.15, 0.2) is 0 Å². The number of likely N-dealkylation sites (N-methyl/N-ethyl adjacent to an activating group) is 1. The van der Waals surface area contributed by atoms with Gasteiger partial charge in [-0.3, -0.25) is 9.59 Å². The first-order chi connectivity index (χ1) is 15.4. The van der Waals surface area contributed by atoms with Crippen LogP contribution in [0.5, 0.6) is 0 Å². The first-order valence-corrected chi connectivity index (χ1v) is 11.6. The van der Waals surface area contributed by atoms with Crippen molar-refractivity contribution in [2.45, 2.75) is 39.9 Å². The topological polar surface area (TPSA) is 61.9 Å². The molecule has 1 aliphatic rings. The molecule has 1 N–H and O–H groups in total. The van der Waals surface area contributed by atoms with E-state index < -0.39 is 0 Å². The van der Waals surface area contributed by atoms with E-state index in [4.69, 9.17) is 4.74 Å². The fourth-order valence-corrected chi connectivity index (χ4v) is 4.21. The van der Waals surface area contributed by atoms with Gasteiger partial charge >= 0.3 is 0 Å². The quantitative estimate of drug-likeness (QED) is 0.684. The Morgan fingerprint density at radius 1 is 1.00 bits per heavy atom. The molecule has 0 aromatic heterocycles. The van der Waals surface area contributed by atoms with Crippen molar-refractivity contribution in [1.29, 1.82) is 0 Å². The largest absolute Gasteiger partial charge is 0.372 e. The van der Waals surface area contributed by atoms with Crippen molar-refractivity contribution >= 4 is 11.8 Å². The van der Waals surface area contributed by atoms with Crippen LogP contribution in [0.15, 0.2) is 48.5 Å². The van der Waals surface area contributed by atoms with Gasteiger partial charge in [-0.2, -0.15) is 0 Å². The molecular weight excluding hydrogens is 402 g/mol. The van der Waals surface area contributed by atoms with E-state index in [1.54, 1.807) is 0 Å². The maximum atomic E-state index is 13.3. The third-order valence-corrected chi connectivity index (χ3v) is 5.93. The zero-order chi connectivity index (χ0) is 23.1. The van der Waals surface area contributed by atoms with E-state index in [1.165, 1.54) is 0 Å². The molecule has 1 saturated heterocycles. The van der Waals surface area contributed by atoms with E-state index in [0.29, 0.717) is 30.8 Å². The summed E-state index contributed by atoms with van der Waals surface area (Å²) in [6.45, 7) is 12.8. The highest BCUT2D eigenvalue weighted by Crippen LogP contribution is 2.26. The monoisotopic (exact) mass is 437 g/mol. The van der Waals surface area contributed by atoms with Crippen molar-refractivity contribution in [2.75, 3.05) is 39.3 Å². The number of carbonyl (C=O) groups excluding carboxylic acids is 2. The molecule has 6 heteroatoms. The second-order valence-corrected chi connectivity index (χ2v) is 8.37. The Morgan fingerprint density at radius 3 is 2.25 bits per heavy atom. The molecule has 2 atom stereocenters. The molecule has 0 bridgehead atoms. The number of carbonyl (C=O) groups is 2. The molecule has 172 valence electrons. The van der Waals surface area contributed by atoms with Gasteiger partial charge in [-0.25, -0.2) is 0 Å². The second-order valence-electron chi connectivity index (χ2n) is 8.37. The van der Waals surface area contributed by atoms with Crippen molar-refractivity contribution in [1.82, 2.24) is 15.1 Å². The normalized spacial score (nSPS) is 18.6. The Balaban J connectivity index is 1.71. The zero-order valence-electron chi connectivity index (χ0n) is 19.6. The third kappa shape index (κ3) is 5.96. The first-order valence-electron chi connectivity index (χ1n) is 11.6. The van der Waals surface area contributed by atoms with Gasteiger partial charge in [0.2, 0.25) is 0 Å². The summed E-state index contributed by atoms with van der Waals surface area (Å²) in [7, 11) is 0. The van der Waals surface area contributed by atoms with Crippen molar-refractivity contribution in [3.8, 4) is 11.1 Å². The minimum Gasteiger partial charge on any atom is -0.372 e. The summed E-state index contributed by atoms with van der Waals surface area (Å²) in [4.78, 5) is 29.9. The standard InChI is InChI=1S/C26H35N3O3/c1-5-28(6-2)16-15-27-25(30)22-13-11-21(12-14-22)23-9-7-8-10-24(23)26(31)29-17-19(3)32-20(4)18-29/h7-14,19-20H,5-6,15-18H2,1-4H3,(H,27,30). The Labute approximate surface area is 191 Å². The summed E-state index contributed by atoms with van der Waals surface area (Å²) >= 11 is 0. The summed E-state index contributed by atoms with van der Waals surface area (Å²) < 4.78 is 5.77. The van der Waals surface area contributed by atoms with Crippen molar-refractivity contribution in [2.24, 2.45) is 0 Å². The number of nitrogens with one attached hydrogen (secondary N) is 1. The van der Waals surface area contributed by atoms with Crippen LogP contribution in [0, 0.1) is 0 Å². The van der Waals surface area contributed by atoms with Crippen LogP contribution in [-0.4, -0.2) is 73.1 Å². The van der Waals surface area contributed by atoms with E-state index in [9.17, 15) is 9.59 Å². The molecule has 1 heterocycles. The SMILES string of the molecule is CCN(CC)CCNC(=O)c1ccc(-c2ccccc2C(=O)N2CC(C)OC(C)C2)cc1. The zero-order valence-corrected chi connectivity index (χ0v) is 19.6. The van der Waals surface area contributed by atoms with Crippen LogP contribution in [0.4, 0.5) is 0 Å². The molecule has 2 aromatic carbocycles. The number of hydrogen-bond acceptors (Lipinski definition) is 4. The molecule has 0 saturated carbocycles. The molecule has 0 radical (unpaired) electrons. The summed E-state index contributed by atoms with van der Waals surface area (Å²) in [6, 6.07) is 15.1. The van der Waals surface area contributed by atoms with Gasteiger partial charge in [0.1, 0.15) is 0 Å². The number of amides is 2. The summed E-state index contributed by atoms with van der Waals surface area (Å²) in [5.74, 6) is -0.0646. The molecule has 2 aromatic rings. The minimum atomic E-state index is -0.0793. The minimum absolute atomic E-state index is 0.0147. The summed E-state index contributed by atoms with van der Waals surface area (Å²) in [5.41, 5.74) is 3.08. The fraction of sp³-hybridized carbons (Fsp3) is 0.462. The molecule has 32 heavy (non-hydrogen) atoms. The van der Waals surface area contributed by atoms with Crippen LogP contribution in [0.1, 0.15) is 48.4 Å². The Kier molecular flexibility index (Phi) is 8.42. The molecule has 1 fully saturated rings. The molecule has 1 aliphatic heterocycles. The molecule has 0 aliphatic carbocycles. The van der Waals surface area contributed by atoms with Crippen LogP contribution in [0.2, 0.25) is 0 Å². The number of morpholine rings is 1. The predicted molar refractivity (Wildman–Crippen MR) is 128 cm³/mol. The van der Waals surface area contributed by atoms with Gasteiger partial charge in [-0.15, -0.1) is 0 Å². The van der Waals surface area contributed by atoms with Crippen LogP contribution in [-0.2, 0) is 4.74 Å². The predicted octanol–water partition coefficient (Wildman–Crippen LogP) is 3.67. The van der Waals surface area contributed by atoms with Crippen LogP contribution < -0.4 is 5.32 Å². The maximum absolute atomic E-state index is 13.3. The highest BCUT2D eigenvalue weighted by Gasteiger charge is 2.27. The lowest BCUT2D eigenvalue weighted by molar-refractivity contribution is -0.0586. The number of hydrogen-bond donors (Lipinski definition) is 1. The molecule has 2 amide bonds. The van der Waals surface area contributed by atoms with Crippen molar-refractivity contribution in [3.05, 3.63) is 59.7 Å². The van der Waals surface area contributed by atoms with Gasteiger partial charge in [0, 0.05) is 37.3 Å². The van der Waals surface area contributed by atoms with E-state index in [2.05, 4.69) is 24.1 Å². The van der Waals surface area contributed by atoms with E-state index >= 15 is 0 Å². The van der Waals surface area contributed by atoms with Gasteiger partial charge in [0.05, 0.1) is 12.2 Å². The van der Waals surface area contributed by atoms with E-state index in [-0.39, 0.29) is 24.0 Å². The molecular formula is C26H35N3O3. The highest BCUT2D eigenvalue weighted by atomic mass is 16.5. The molecule has 0 spiro atoms. The molecule has 2 unspecified atom stereocenters. The number of nitrogens with zero attached hydrogens (tertiary/aromatic N) is 2. The molecule has 6 nitrogen and oxygen atoms in total. The van der Waals surface area contributed by atoms with Crippen LogP contribution in [0.25, 0.3) is 11.1 Å². The number of benzene rings is 2. The van der Waals surface area contributed by atoms with Gasteiger partial charge in [-0.05, 0) is 56.3 Å². The number of rotatable bonds is 8. The second kappa shape index (κ2) is 11.2. The average Bonchev–Trinajstić information content (AvgIpc) is 2.81. The summed E-state index contributed by atoms with van der Waals surface area (Å²) in [6.07, 6.45) is 0.0452. The third-order valence-electron chi connectivity index (χ3n) is 5.93. The van der Waals surface area contributed by atoms with Gasteiger partial charge in [0.25, 0.3) is 11.8 Å². The fourth-order valence-electron chi connectivity index (χ4n) is 4.21. The smallest absolute Gasteiger partial charge is 0.254 e. The van der Waals surface area contributed by atoms with Gasteiger partial charge < -0.3 is 19.9 Å². The Hall–Kier alpha value is -2.70. The van der Waals surface area contributed by atoms with E-state index in [0.717, 1.165) is 30.8 Å². The Bertz CT molecular complexity index is 899. The van der Waals surface area contributed by atoms with Crippen molar-refractivity contribution < 1.29 is 14.3 Å². The highest BCUT2D eigenvalue weighted by molar-refractivity contribution is 6.01. The Morgan fingerprint density at radius 2 is 1.62 bits per heavy atom. The lowest BCUT2D eigenvalue weighted by Crippen LogP contribution is -2.48. The lowest BCUT2D eigenvalue weighted by atomic mass is 9.97.